The molecule has 0 saturated carbocycles. The highest BCUT2D eigenvalue weighted by Crippen LogP contribution is 1.94. The van der Waals surface area contributed by atoms with Gasteiger partial charge in [-0.3, -0.25) is 4.79 Å². The Bertz CT molecular complexity index is 163. The van der Waals surface area contributed by atoms with E-state index in [4.69, 9.17) is 9.84 Å². The first-order chi connectivity index (χ1) is 6.61. The number of aliphatic carboxylic acids is 1. The van der Waals surface area contributed by atoms with Gasteiger partial charge in [-0.25, -0.2) is 0 Å². The van der Waals surface area contributed by atoms with Gasteiger partial charge in [-0.1, -0.05) is 6.92 Å². The van der Waals surface area contributed by atoms with Crippen molar-refractivity contribution >= 4 is 5.97 Å². The number of nitrogens with one attached hydrogen (secondary N) is 1. The first-order valence-corrected chi connectivity index (χ1v) is 4.75. The minimum atomic E-state index is -0.853. The van der Waals surface area contributed by atoms with Crippen LogP contribution in [0.15, 0.2) is 0 Å². The summed E-state index contributed by atoms with van der Waals surface area (Å²) in [6.07, 6.45) is 0.506. The smallest absolute Gasteiger partial charge is 0.320 e. The van der Waals surface area contributed by atoms with Gasteiger partial charge in [0.15, 0.2) is 0 Å². The van der Waals surface area contributed by atoms with Crippen LogP contribution < -0.4 is 5.32 Å². The van der Waals surface area contributed by atoms with Crippen molar-refractivity contribution in [3.05, 3.63) is 0 Å². The number of aliphatic hydroxyl groups is 1. The number of rotatable bonds is 8. The van der Waals surface area contributed by atoms with Crippen molar-refractivity contribution in [2.24, 2.45) is 0 Å². The number of ether oxygens (including phenoxy) is 1. The van der Waals surface area contributed by atoms with Crippen molar-refractivity contribution in [1.82, 2.24) is 5.32 Å². The van der Waals surface area contributed by atoms with E-state index in [9.17, 15) is 9.90 Å². The van der Waals surface area contributed by atoms with E-state index in [2.05, 4.69) is 5.32 Å². The summed E-state index contributed by atoms with van der Waals surface area (Å²) in [7, 11) is 1.52. The normalized spacial score (nSPS) is 15.1. The zero-order valence-electron chi connectivity index (χ0n) is 8.69. The highest BCUT2D eigenvalue weighted by molar-refractivity contribution is 5.73. The van der Waals surface area contributed by atoms with E-state index in [1.807, 2.05) is 0 Å². The van der Waals surface area contributed by atoms with Gasteiger partial charge in [0.25, 0.3) is 0 Å². The Kier molecular flexibility index (Phi) is 7.37. The van der Waals surface area contributed by atoms with E-state index in [1.54, 1.807) is 6.92 Å². The van der Waals surface area contributed by atoms with Crippen molar-refractivity contribution in [3.8, 4) is 0 Å². The van der Waals surface area contributed by atoms with E-state index < -0.39 is 18.1 Å². The number of aliphatic hydroxyl groups excluding tert-OH is 1. The molecule has 0 aliphatic heterocycles. The summed E-state index contributed by atoms with van der Waals surface area (Å²) in [5, 5.41) is 20.8. The molecule has 2 unspecified atom stereocenters. The molecule has 0 saturated heterocycles. The molecule has 0 aliphatic carbocycles. The quantitative estimate of drug-likeness (QED) is 0.513. The maximum absolute atomic E-state index is 10.6. The van der Waals surface area contributed by atoms with E-state index >= 15 is 0 Å². The number of carboxylic acids is 1. The lowest BCUT2D eigenvalue weighted by molar-refractivity contribution is -0.139. The Labute approximate surface area is 84.1 Å². The highest BCUT2D eigenvalue weighted by atomic mass is 16.5. The van der Waals surface area contributed by atoms with Gasteiger partial charge in [-0.2, -0.15) is 0 Å². The molecule has 2 atom stereocenters. The standard InChI is InChI=1S/C9H19NO4/c1-3-8(9(12)13)10-5-4-7(11)6-14-2/h7-8,10-11H,3-6H2,1-2H3,(H,12,13). The van der Waals surface area contributed by atoms with Crippen molar-refractivity contribution in [2.75, 3.05) is 20.3 Å². The van der Waals surface area contributed by atoms with Crippen LogP contribution in [0.5, 0.6) is 0 Å². The fraction of sp³-hybridized carbons (Fsp3) is 0.889. The Morgan fingerprint density at radius 2 is 2.21 bits per heavy atom. The van der Waals surface area contributed by atoms with Crippen LogP contribution in [0.1, 0.15) is 19.8 Å². The molecule has 0 fully saturated rings. The predicted molar refractivity (Wildman–Crippen MR) is 52.2 cm³/mol. The van der Waals surface area contributed by atoms with Crippen molar-refractivity contribution < 1.29 is 19.7 Å². The fourth-order valence-electron chi connectivity index (χ4n) is 1.11. The zero-order valence-corrected chi connectivity index (χ0v) is 8.69. The maximum Gasteiger partial charge on any atom is 0.320 e. The molecule has 5 nitrogen and oxygen atoms in total. The van der Waals surface area contributed by atoms with E-state index in [1.165, 1.54) is 7.11 Å². The average molecular weight is 205 g/mol. The number of methoxy groups -OCH3 is 1. The summed E-state index contributed by atoms with van der Waals surface area (Å²) >= 11 is 0. The van der Waals surface area contributed by atoms with Crippen LogP contribution in [0.2, 0.25) is 0 Å². The summed E-state index contributed by atoms with van der Waals surface area (Å²) in [5.41, 5.74) is 0. The Hall–Kier alpha value is -0.650. The third kappa shape index (κ3) is 5.90. The van der Waals surface area contributed by atoms with E-state index in [-0.39, 0.29) is 6.61 Å². The number of hydrogen-bond donors (Lipinski definition) is 3. The molecule has 0 spiro atoms. The molecule has 0 aromatic heterocycles. The lowest BCUT2D eigenvalue weighted by Gasteiger charge is -2.14. The van der Waals surface area contributed by atoms with Gasteiger partial charge < -0.3 is 20.3 Å². The Morgan fingerprint density at radius 1 is 1.57 bits per heavy atom. The first-order valence-electron chi connectivity index (χ1n) is 4.75. The molecule has 0 radical (unpaired) electrons. The highest BCUT2D eigenvalue weighted by Gasteiger charge is 2.13. The number of carbonyl (C=O) groups is 1. The summed E-state index contributed by atoms with van der Waals surface area (Å²) in [5.74, 6) is -0.853. The van der Waals surface area contributed by atoms with E-state index in [0.29, 0.717) is 19.4 Å². The largest absolute Gasteiger partial charge is 0.480 e. The number of hydrogen-bond acceptors (Lipinski definition) is 4. The van der Waals surface area contributed by atoms with Gasteiger partial charge >= 0.3 is 5.97 Å². The topological polar surface area (TPSA) is 78.8 Å². The minimum absolute atomic E-state index is 0.283. The molecule has 5 heteroatoms. The number of carboxylic acid groups (broad SMARTS) is 1. The SMILES string of the molecule is CCC(NCCC(O)COC)C(=O)O. The second kappa shape index (κ2) is 7.73. The Balaban J connectivity index is 3.55. The summed E-state index contributed by atoms with van der Waals surface area (Å²) in [6, 6.07) is -0.523. The molecule has 0 amide bonds. The van der Waals surface area contributed by atoms with Crippen LogP contribution in [0.25, 0.3) is 0 Å². The van der Waals surface area contributed by atoms with Crippen LogP contribution in [-0.4, -0.2) is 48.6 Å². The maximum atomic E-state index is 10.6. The first kappa shape index (κ1) is 13.4. The van der Waals surface area contributed by atoms with Gasteiger partial charge in [0, 0.05) is 7.11 Å². The molecule has 0 aromatic carbocycles. The van der Waals surface area contributed by atoms with Gasteiger partial charge in [0.05, 0.1) is 12.7 Å². The Morgan fingerprint density at radius 3 is 2.64 bits per heavy atom. The molecule has 0 bridgehead atoms. The van der Waals surface area contributed by atoms with Crippen LogP contribution in [0.4, 0.5) is 0 Å². The molecule has 3 N–H and O–H groups in total. The fourth-order valence-corrected chi connectivity index (χ4v) is 1.11. The van der Waals surface area contributed by atoms with Crippen molar-refractivity contribution in [1.29, 1.82) is 0 Å². The third-order valence-electron chi connectivity index (χ3n) is 1.93. The van der Waals surface area contributed by atoms with Gasteiger partial charge in [0.2, 0.25) is 0 Å². The monoisotopic (exact) mass is 205 g/mol. The lowest BCUT2D eigenvalue weighted by Crippen LogP contribution is -2.37. The van der Waals surface area contributed by atoms with Crippen molar-refractivity contribution in [2.45, 2.75) is 31.9 Å². The average Bonchev–Trinajstić information content (AvgIpc) is 2.12. The van der Waals surface area contributed by atoms with Crippen LogP contribution in [-0.2, 0) is 9.53 Å². The molecule has 0 heterocycles. The summed E-state index contributed by atoms with van der Waals surface area (Å²) in [4.78, 5) is 10.6. The zero-order chi connectivity index (χ0) is 11.0. The lowest BCUT2D eigenvalue weighted by atomic mass is 10.2. The molecule has 0 aliphatic rings. The van der Waals surface area contributed by atoms with E-state index in [0.717, 1.165) is 0 Å². The molecule has 14 heavy (non-hydrogen) atoms. The predicted octanol–water partition coefficient (Wildman–Crippen LogP) is -0.163. The summed E-state index contributed by atoms with van der Waals surface area (Å²) < 4.78 is 4.74. The third-order valence-corrected chi connectivity index (χ3v) is 1.93. The molecule has 0 rings (SSSR count). The van der Waals surface area contributed by atoms with Crippen LogP contribution in [0, 0.1) is 0 Å². The molecule has 84 valence electrons. The van der Waals surface area contributed by atoms with Crippen LogP contribution in [0.3, 0.4) is 0 Å². The summed E-state index contributed by atoms with van der Waals surface area (Å²) in [6.45, 7) is 2.57. The van der Waals surface area contributed by atoms with Gasteiger partial charge in [-0.15, -0.1) is 0 Å². The molecule has 0 aromatic rings. The second-order valence-electron chi connectivity index (χ2n) is 3.15. The van der Waals surface area contributed by atoms with Gasteiger partial charge in [0.1, 0.15) is 6.04 Å². The molecular weight excluding hydrogens is 186 g/mol. The van der Waals surface area contributed by atoms with Gasteiger partial charge in [-0.05, 0) is 19.4 Å². The minimum Gasteiger partial charge on any atom is -0.480 e. The van der Waals surface area contributed by atoms with Crippen molar-refractivity contribution in [3.63, 3.8) is 0 Å². The van der Waals surface area contributed by atoms with Crippen LogP contribution >= 0.6 is 0 Å². The second-order valence-corrected chi connectivity index (χ2v) is 3.15. The molecular formula is C9H19NO4.